The van der Waals surface area contributed by atoms with Gasteiger partial charge in [-0.15, -0.1) is 0 Å². The van der Waals surface area contributed by atoms with Crippen LogP contribution in [0, 0.1) is 0 Å². The van der Waals surface area contributed by atoms with Gasteiger partial charge in [-0.1, -0.05) is 0 Å². The van der Waals surface area contributed by atoms with E-state index < -0.39 is 0 Å². The van der Waals surface area contributed by atoms with E-state index in [9.17, 15) is 0 Å². The summed E-state index contributed by atoms with van der Waals surface area (Å²) in [6.07, 6.45) is 5.70. The Balaban J connectivity index is 1.90. The summed E-state index contributed by atoms with van der Waals surface area (Å²) in [5, 5.41) is 10.1. The molecule has 0 aliphatic carbocycles. The minimum atomic E-state index is -0.00512. The minimum Gasteiger partial charge on any atom is -0.328 e. The molecular weight excluding hydrogens is 372 g/mol. The molecule has 28 heavy (non-hydrogen) atoms. The number of hydrogen-bond donors (Lipinski definition) is 1. The predicted molar refractivity (Wildman–Crippen MR) is 117 cm³/mol. The molecule has 0 aromatic carbocycles. The van der Waals surface area contributed by atoms with E-state index in [1.165, 1.54) is 19.3 Å². The monoisotopic (exact) mass is 414 g/mol. The summed E-state index contributed by atoms with van der Waals surface area (Å²) in [6.45, 7) is 21.1. The first-order valence-electron chi connectivity index (χ1n) is 10.9. The fourth-order valence-electron chi connectivity index (χ4n) is 6.79. The van der Waals surface area contributed by atoms with Gasteiger partial charge in [0.15, 0.2) is 0 Å². The third-order valence-corrected chi connectivity index (χ3v) is 7.13. The van der Waals surface area contributed by atoms with Gasteiger partial charge in [0.05, 0.1) is 20.0 Å². The highest BCUT2D eigenvalue weighted by molar-refractivity contribution is 6.13. The molecule has 0 saturated carbocycles. The van der Waals surface area contributed by atoms with Gasteiger partial charge in [0.25, 0.3) is 0 Å². The van der Waals surface area contributed by atoms with E-state index >= 15 is 0 Å². The van der Waals surface area contributed by atoms with Gasteiger partial charge in [0, 0.05) is 28.2 Å². The molecule has 0 radical (unpaired) electrons. The predicted octanol–water partition coefficient (Wildman–Crippen LogP) is 3.79. The Morgan fingerprint density at radius 1 is 0.679 bits per heavy atom. The van der Waals surface area contributed by atoms with Crippen molar-refractivity contribution in [1.82, 2.24) is 24.5 Å². The van der Waals surface area contributed by atoms with E-state index in [2.05, 4.69) is 75.4 Å². The van der Waals surface area contributed by atoms with Crippen LogP contribution in [0.1, 0.15) is 87.5 Å². The van der Waals surface area contributed by atoms with Crippen molar-refractivity contribution in [3.63, 3.8) is 0 Å². The molecule has 0 unspecified atom stereocenters. The highest BCUT2D eigenvalue weighted by Crippen LogP contribution is 2.43. The van der Waals surface area contributed by atoms with Crippen molar-refractivity contribution in [2.75, 3.05) is 20.0 Å². The van der Waals surface area contributed by atoms with Crippen LogP contribution in [-0.4, -0.2) is 72.7 Å². The molecule has 0 spiro atoms. The van der Waals surface area contributed by atoms with Crippen molar-refractivity contribution in [1.29, 1.82) is 0 Å². The number of piperidine rings is 2. The normalized spacial score (nSPS) is 33.2. The van der Waals surface area contributed by atoms with Crippen LogP contribution >= 0.6 is 11.8 Å². The van der Waals surface area contributed by atoms with Crippen LogP contribution in [-0.2, 0) is 0 Å². The van der Waals surface area contributed by atoms with Crippen LogP contribution in [0.2, 0.25) is 0 Å². The van der Waals surface area contributed by atoms with Crippen molar-refractivity contribution in [2.45, 2.75) is 116 Å². The Labute approximate surface area is 178 Å². The van der Waals surface area contributed by atoms with Gasteiger partial charge in [-0.3, -0.25) is 0 Å². The third-order valence-electron chi connectivity index (χ3n) is 6.92. The number of halogens is 1. The molecule has 0 bridgehead atoms. The summed E-state index contributed by atoms with van der Waals surface area (Å²) in [6, 6.07) is 0.245. The van der Waals surface area contributed by atoms with Gasteiger partial charge in [0.1, 0.15) is 0 Å². The second-order valence-corrected chi connectivity index (χ2v) is 12.3. The highest BCUT2D eigenvalue weighted by atomic mass is 35.5. The zero-order chi connectivity index (χ0) is 21.1. The molecule has 2 N–H and O–H groups in total. The standard InChI is InChI=1S/C21H43ClN6/c1-18(2)10-9-11-19(3,4)27(18)25-14-24(22)15-26(16-25)28-20(5,6)12-17(23)13-21(28,7)8/h17H,9-16,23H2,1-8H3. The van der Waals surface area contributed by atoms with E-state index in [1.54, 1.807) is 0 Å². The van der Waals surface area contributed by atoms with Crippen molar-refractivity contribution < 1.29 is 0 Å². The first-order chi connectivity index (χ1) is 12.7. The molecule has 3 fully saturated rings. The van der Waals surface area contributed by atoms with E-state index in [0.717, 1.165) is 32.8 Å². The third kappa shape index (κ3) is 4.25. The zero-order valence-electron chi connectivity index (χ0n) is 19.4. The topological polar surface area (TPSA) is 42.2 Å². The average molecular weight is 415 g/mol. The first kappa shape index (κ1) is 22.7. The van der Waals surface area contributed by atoms with Gasteiger partial charge in [-0.2, -0.15) is 4.42 Å². The molecule has 3 heterocycles. The second-order valence-electron chi connectivity index (χ2n) is 11.8. The molecule has 164 valence electrons. The maximum Gasteiger partial charge on any atom is 0.0823 e. The van der Waals surface area contributed by atoms with Crippen LogP contribution in [0.4, 0.5) is 0 Å². The summed E-state index contributed by atoms with van der Waals surface area (Å²) in [4.78, 5) is 0. The molecule has 3 aliphatic heterocycles. The lowest BCUT2D eigenvalue weighted by molar-refractivity contribution is -0.286. The fraction of sp³-hybridized carbons (Fsp3) is 1.00. The summed E-state index contributed by atoms with van der Waals surface area (Å²) < 4.78 is 1.92. The Morgan fingerprint density at radius 2 is 1.07 bits per heavy atom. The number of hydrazine groups is 2. The average Bonchev–Trinajstić information content (AvgIpc) is 2.40. The van der Waals surface area contributed by atoms with Crippen LogP contribution in [0.3, 0.4) is 0 Å². The zero-order valence-corrected chi connectivity index (χ0v) is 20.2. The molecule has 0 amide bonds. The van der Waals surface area contributed by atoms with Crippen LogP contribution in [0.25, 0.3) is 0 Å². The van der Waals surface area contributed by atoms with E-state index in [4.69, 9.17) is 17.5 Å². The lowest BCUT2D eigenvalue weighted by atomic mass is 9.79. The maximum absolute atomic E-state index is 6.72. The Morgan fingerprint density at radius 3 is 1.50 bits per heavy atom. The lowest BCUT2D eigenvalue weighted by Crippen LogP contribution is -2.75. The molecule has 0 aromatic heterocycles. The summed E-state index contributed by atoms with van der Waals surface area (Å²) in [5.41, 5.74) is 6.66. The maximum atomic E-state index is 6.72. The van der Waals surface area contributed by atoms with Crippen LogP contribution in [0.5, 0.6) is 0 Å². The van der Waals surface area contributed by atoms with Gasteiger partial charge >= 0.3 is 0 Å². The second kappa shape index (κ2) is 7.33. The Bertz CT molecular complexity index is 541. The van der Waals surface area contributed by atoms with E-state index in [1.807, 2.05) is 4.42 Å². The SMILES string of the molecule is CC1(C)CCCC(C)(C)N1N1CN(Cl)CN(N2C(C)(C)CC(N)CC2(C)C)C1. The minimum absolute atomic E-state index is 0.00512. The smallest absolute Gasteiger partial charge is 0.0823 e. The van der Waals surface area contributed by atoms with E-state index in [0.29, 0.717) is 0 Å². The molecule has 3 saturated heterocycles. The molecule has 3 rings (SSSR count). The molecule has 0 atom stereocenters. The van der Waals surface area contributed by atoms with Gasteiger partial charge in [-0.05, 0) is 99.3 Å². The number of nitrogens with two attached hydrogens (primary N) is 1. The summed E-state index contributed by atoms with van der Waals surface area (Å²) in [7, 11) is 0. The van der Waals surface area contributed by atoms with Crippen molar-refractivity contribution in [3.05, 3.63) is 0 Å². The number of nitrogens with zero attached hydrogens (tertiary/aromatic N) is 5. The lowest BCUT2D eigenvalue weighted by Gasteiger charge is -2.63. The molecule has 0 aromatic rings. The van der Waals surface area contributed by atoms with E-state index in [-0.39, 0.29) is 28.2 Å². The Hall–Kier alpha value is 0.0500. The quantitative estimate of drug-likeness (QED) is 0.693. The van der Waals surface area contributed by atoms with Crippen molar-refractivity contribution >= 4 is 11.8 Å². The Kier molecular flexibility index (Phi) is 5.95. The first-order valence-corrected chi connectivity index (χ1v) is 11.3. The van der Waals surface area contributed by atoms with Crippen molar-refractivity contribution in [2.24, 2.45) is 5.73 Å². The van der Waals surface area contributed by atoms with Crippen molar-refractivity contribution in [3.8, 4) is 0 Å². The van der Waals surface area contributed by atoms with Crippen LogP contribution in [0.15, 0.2) is 0 Å². The highest BCUT2D eigenvalue weighted by Gasteiger charge is 2.51. The molecular formula is C21H43ClN6. The molecule has 3 aliphatic rings. The molecule has 6 nitrogen and oxygen atoms in total. The number of hydrogen-bond acceptors (Lipinski definition) is 6. The van der Waals surface area contributed by atoms with Crippen LogP contribution < -0.4 is 5.73 Å². The molecule has 7 heteroatoms. The van der Waals surface area contributed by atoms with Gasteiger partial charge < -0.3 is 5.73 Å². The fourth-order valence-corrected chi connectivity index (χ4v) is 7.04. The summed E-state index contributed by atoms with van der Waals surface area (Å²) in [5.74, 6) is 0. The van der Waals surface area contributed by atoms with Gasteiger partial charge in [0.2, 0.25) is 0 Å². The summed E-state index contributed by atoms with van der Waals surface area (Å²) >= 11 is 6.72. The largest absolute Gasteiger partial charge is 0.328 e. The number of rotatable bonds is 2. The van der Waals surface area contributed by atoms with Gasteiger partial charge in [-0.25, -0.2) is 20.0 Å².